The minimum absolute atomic E-state index is 0.0146. The third-order valence-corrected chi connectivity index (χ3v) is 6.72. The van der Waals surface area contributed by atoms with Crippen LogP contribution >= 0.6 is 0 Å². The van der Waals surface area contributed by atoms with Gasteiger partial charge in [0.05, 0.1) is 23.4 Å². The van der Waals surface area contributed by atoms with Gasteiger partial charge in [-0.05, 0) is 53.4 Å². The first-order chi connectivity index (χ1) is 15.1. The molecule has 0 aromatic heterocycles. The lowest BCUT2D eigenvalue weighted by Gasteiger charge is -2.47. The van der Waals surface area contributed by atoms with Crippen molar-refractivity contribution in [3.8, 4) is 24.0 Å². The SMILES string of the molecule is CC(C)(C)C1CC=C2C(C#N)=C(N)C(C#N)(C#N)[C@H](c3ccc(OCC(N)=O)cc3)[C@H]2C1. The number of carbonyl (C=O) groups excluding carboxylic acids is 1. The molecule has 0 aliphatic heterocycles. The Morgan fingerprint density at radius 2 is 1.81 bits per heavy atom. The quantitative estimate of drug-likeness (QED) is 0.748. The molecule has 0 saturated carbocycles. The van der Waals surface area contributed by atoms with E-state index in [2.05, 4.69) is 45.1 Å². The van der Waals surface area contributed by atoms with E-state index in [-0.39, 0.29) is 29.2 Å². The Hall–Kier alpha value is -3.76. The molecule has 1 aromatic rings. The van der Waals surface area contributed by atoms with Crippen molar-refractivity contribution in [1.29, 1.82) is 15.8 Å². The van der Waals surface area contributed by atoms with Crippen LogP contribution < -0.4 is 16.2 Å². The highest BCUT2D eigenvalue weighted by Crippen LogP contribution is 2.57. The molecule has 2 aliphatic carbocycles. The zero-order valence-electron chi connectivity index (χ0n) is 18.6. The number of nitrogens with two attached hydrogens (primary N) is 2. The average molecular weight is 430 g/mol. The maximum absolute atomic E-state index is 11.0. The van der Waals surface area contributed by atoms with Crippen LogP contribution in [0.5, 0.6) is 5.75 Å². The van der Waals surface area contributed by atoms with E-state index < -0.39 is 17.2 Å². The molecule has 1 amide bonds. The number of nitriles is 3. The summed E-state index contributed by atoms with van der Waals surface area (Å²) in [6.07, 6.45) is 3.61. The van der Waals surface area contributed by atoms with Crippen molar-refractivity contribution in [3.05, 3.63) is 52.7 Å². The van der Waals surface area contributed by atoms with Gasteiger partial charge in [-0.25, -0.2) is 0 Å². The molecule has 32 heavy (non-hydrogen) atoms. The van der Waals surface area contributed by atoms with Gasteiger partial charge in [0.15, 0.2) is 12.0 Å². The molecular weight excluding hydrogens is 402 g/mol. The standard InChI is InChI=1S/C25H27N5O2/c1-24(2,3)16-6-9-18-19(10-16)22(25(13-27,14-28)23(30)20(18)11-26)15-4-7-17(8-5-15)32-12-21(29)31/h4-5,7-9,16,19,22H,6,10,12,30H2,1-3H3,(H2,29,31)/t16?,19-,22+/m0/s1. The van der Waals surface area contributed by atoms with Gasteiger partial charge in [0, 0.05) is 5.92 Å². The molecule has 7 heteroatoms. The second-order valence-corrected chi connectivity index (χ2v) is 9.53. The summed E-state index contributed by atoms with van der Waals surface area (Å²) >= 11 is 0. The number of ether oxygens (including phenoxy) is 1. The maximum Gasteiger partial charge on any atom is 0.255 e. The molecule has 0 heterocycles. The number of fused-ring (bicyclic) bond motifs is 1. The van der Waals surface area contributed by atoms with Gasteiger partial charge in [-0.1, -0.05) is 39.0 Å². The summed E-state index contributed by atoms with van der Waals surface area (Å²) in [7, 11) is 0. The smallest absolute Gasteiger partial charge is 0.255 e. The van der Waals surface area contributed by atoms with Crippen LogP contribution in [0.15, 0.2) is 47.2 Å². The number of carbonyl (C=O) groups is 1. The van der Waals surface area contributed by atoms with E-state index >= 15 is 0 Å². The molecule has 0 radical (unpaired) electrons. The molecule has 0 spiro atoms. The zero-order chi connectivity index (χ0) is 23.7. The summed E-state index contributed by atoms with van der Waals surface area (Å²) in [6, 6.07) is 13.4. The van der Waals surface area contributed by atoms with E-state index in [1.54, 1.807) is 24.3 Å². The van der Waals surface area contributed by atoms with Crippen LogP contribution in [-0.4, -0.2) is 12.5 Å². The Balaban J connectivity index is 2.16. The van der Waals surface area contributed by atoms with Gasteiger partial charge in [0.2, 0.25) is 0 Å². The predicted octanol–water partition coefficient (Wildman–Crippen LogP) is 3.42. The van der Waals surface area contributed by atoms with Crippen molar-refractivity contribution < 1.29 is 9.53 Å². The van der Waals surface area contributed by atoms with Crippen LogP contribution in [0.2, 0.25) is 0 Å². The van der Waals surface area contributed by atoms with Crippen LogP contribution in [0.25, 0.3) is 0 Å². The van der Waals surface area contributed by atoms with E-state index in [1.165, 1.54) is 0 Å². The van der Waals surface area contributed by atoms with Gasteiger partial charge >= 0.3 is 0 Å². The first kappa shape index (κ1) is 22.9. The number of hydrogen-bond acceptors (Lipinski definition) is 6. The van der Waals surface area contributed by atoms with Crippen LogP contribution in [0.4, 0.5) is 0 Å². The first-order valence-corrected chi connectivity index (χ1v) is 10.5. The highest BCUT2D eigenvalue weighted by molar-refractivity contribution is 5.75. The van der Waals surface area contributed by atoms with Crippen LogP contribution in [-0.2, 0) is 4.79 Å². The number of primary amides is 1. The minimum atomic E-state index is -1.66. The Labute approximate surface area is 188 Å². The number of amides is 1. The first-order valence-electron chi connectivity index (χ1n) is 10.5. The van der Waals surface area contributed by atoms with Gasteiger partial charge in [-0.2, -0.15) is 15.8 Å². The van der Waals surface area contributed by atoms with E-state index in [0.29, 0.717) is 11.7 Å². The summed E-state index contributed by atoms with van der Waals surface area (Å²) in [5.41, 5.74) is 11.7. The second kappa shape index (κ2) is 8.40. The number of benzene rings is 1. The van der Waals surface area contributed by atoms with Gasteiger partial charge in [-0.15, -0.1) is 0 Å². The molecule has 4 N–H and O–H groups in total. The van der Waals surface area contributed by atoms with Gasteiger partial charge in [0.1, 0.15) is 11.8 Å². The fraction of sp³-hybridized carbons (Fsp3) is 0.440. The molecule has 164 valence electrons. The second-order valence-electron chi connectivity index (χ2n) is 9.53. The van der Waals surface area contributed by atoms with Crippen molar-refractivity contribution in [2.45, 2.75) is 39.5 Å². The van der Waals surface area contributed by atoms with E-state index in [9.17, 15) is 20.6 Å². The van der Waals surface area contributed by atoms with E-state index in [4.69, 9.17) is 16.2 Å². The number of nitrogens with zero attached hydrogens (tertiary/aromatic N) is 3. The normalized spacial score (nSPS) is 24.2. The van der Waals surface area contributed by atoms with Crippen LogP contribution in [0, 0.1) is 56.7 Å². The molecule has 0 bridgehead atoms. The highest BCUT2D eigenvalue weighted by atomic mass is 16.5. The van der Waals surface area contributed by atoms with Crippen LogP contribution in [0.3, 0.4) is 0 Å². The molecule has 3 rings (SSSR count). The topological polar surface area (TPSA) is 150 Å². The molecule has 1 aromatic carbocycles. The van der Waals surface area contributed by atoms with Gasteiger partial charge < -0.3 is 16.2 Å². The molecule has 7 nitrogen and oxygen atoms in total. The summed E-state index contributed by atoms with van der Waals surface area (Å²) in [5, 5.41) is 30.2. The van der Waals surface area contributed by atoms with Crippen molar-refractivity contribution in [2.24, 2.45) is 34.1 Å². The van der Waals surface area contributed by atoms with Gasteiger partial charge in [-0.3, -0.25) is 4.79 Å². The zero-order valence-corrected chi connectivity index (χ0v) is 18.6. The Morgan fingerprint density at radius 3 is 2.31 bits per heavy atom. The van der Waals surface area contributed by atoms with E-state index in [0.717, 1.165) is 24.0 Å². The Bertz CT molecular complexity index is 1090. The number of allylic oxidation sites excluding steroid dienone is 4. The average Bonchev–Trinajstić information content (AvgIpc) is 2.76. The molecule has 0 saturated heterocycles. The van der Waals surface area contributed by atoms with Crippen LogP contribution in [0.1, 0.15) is 45.1 Å². The molecular formula is C25H27N5O2. The monoisotopic (exact) mass is 429 g/mol. The minimum Gasteiger partial charge on any atom is -0.484 e. The molecule has 0 fully saturated rings. The summed E-state index contributed by atoms with van der Waals surface area (Å²) in [4.78, 5) is 11.0. The third kappa shape index (κ3) is 3.81. The third-order valence-electron chi connectivity index (χ3n) is 6.72. The Kier molecular flexibility index (Phi) is 6.02. The van der Waals surface area contributed by atoms with Crippen molar-refractivity contribution in [2.75, 3.05) is 6.61 Å². The Morgan fingerprint density at radius 1 is 1.19 bits per heavy atom. The number of hydrogen-bond donors (Lipinski definition) is 2. The van der Waals surface area contributed by atoms with Crippen molar-refractivity contribution >= 4 is 5.91 Å². The molecule has 3 atom stereocenters. The fourth-order valence-electron chi connectivity index (χ4n) is 4.90. The van der Waals surface area contributed by atoms with E-state index in [1.807, 2.05) is 0 Å². The van der Waals surface area contributed by atoms with Gasteiger partial charge in [0.25, 0.3) is 5.91 Å². The largest absolute Gasteiger partial charge is 0.484 e. The number of rotatable bonds is 4. The predicted molar refractivity (Wildman–Crippen MR) is 118 cm³/mol. The molecule has 2 aliphatic rings. The summed E-state index contributed by atoms with van der Waals surface area (Å²) in [5.74, 6) is -0.549. The fourth-order valence-corrected chi connectivity index (χ4v) is 4.90. The highest BCUT2D eigenvalue weighted by Gasteiger charge is 2.55. The summed E-state index contributed by atoms with van der Waals surface area (Å²) in [6.45, 7) is 6.29. The lowest BCUT2D eigenvalue weighted by Crippen LogP contribution is -2.44. The molecule has 1 unspecified atom stereocenters. The maximum atomic E-state index is 11.0. The van der Waals surface area contributed by atoms with Crippen molar-refractivity contribution in [1.82, 2.24) is 0 Å². The lowest BCUT2D eigenvalue weighted by atomic mass is 9.54. The van der Waals surface area contributed by atoms with Crippen molar-refractivity contribution in [3.63, 3.8) is 0 Å². The summed E-state index contributed by atoms with van der Waals surface area (Å²) < 4.78 is 5.35. The lowest BCUT2D eigenvalue weighted by molar-refractivity contribution is -0.119.